The summed E-state index contributed by atoms with van der Waals surface area (Å²) in [5, 5.41) is 22.9. The molecule has 0 bridgehead atoms. The fraction of sp³-hybridized carbons (Fsp3) is 0.286. The monoisotopic (exact) mass is 294 g/mol. The fourth-order valence-electron chi connectivity index (χ4n) is 2.02. The second kappa shape index (κ2) is 6.07. The lowest BCUT2D eigenvalue weighted by molar-refractivity contribution is -0.137. The van der Waals surface area contributed by atoms with Crippen LogP contribution in [0, 0.1) is 0 Å². The lowest BCUT2D eigenvalue weighted by atomic mass is 10.0. The van der Waals surface area contributed by atoms with Crippen molar-refractivity contribution in [3.8, 4) is 11.1 Å². The van der Waals surface area contributed by atoms with Gasteiger partial charge in [-0.05, 0) is 30.2 Å². The summed E-state index contributed by atoms with van der Waals surface area (Å²) in [6, 6.07) is 5.00. The molecule has 1 atom stereocenters. The Morgan fingerprint density at radius 1 is 1.50 bits per heavy atom. The third-order valence-corrected chi connectivity index (χ3v) is 3.31. The molecule has 0 spiro atoms. The molecule has 1 unspecified atom stereocenters. The normalized spacial score (nSPS) is 12.3. The van der Waals surface area contributed by atoms with Gasteiger partial charge in [0, 0.05) is 16.8 Å². The SMILES string of the molecule is CC(CC(=O)O)n1cc(-c2cc(Cl)ccc2CO)cn1. The van der Waals surface area contributed by atoms with Gasteiger partial charge in [0.1, 0.15) is 0 Å². The number of hydrogen-bond acceptors (Lipinski definition) is 3. The molecule has 0 fully saturated rings. The van der Waals surface area contributed by atoms with Crippen molar-refractivity contribution in [3.05, 3.63) is 41.2 Å². The Bertz CT molecular complexity index is 625. The molecule has 0 saturated carbocycles. The van der Waals surface area contributed by atoms with Crippen molar-refractivity contribution in [2.45, 2.75) is 26.0 Å². The molecular formula is C14H15ClN2O3. The zero-order valence-corrected chi connectivity index (χ0v) is 11.7. The first kappa shape index (κ1) is 14.6. The van der Waals surface area contributed by atoms with Crippen LogP contribution in [0.4, 0.5) is 0 Å². The minimum absolute atomic E-state index is 0.00350. The summed E-state index contributed by atoms with van der Waals surface area (Å²) in [5.41, 5.74) is 2.35. The van der Waals surface area contributed by atoms with Crippen LogP contribution < -0.4 is 0 Å². The van der Waals surface area contributed by atoms with E-state index in [-0.39, 0.29) is 19.1 Å². The van der Waals surface area contributed by atoms with E-state index in [2.05, 4.69) is 5.10 Å². The number of rotatable bonds is 5. The second-order valence-electron chi connectivity index (χ2n) is 4.62. The number of benzene rings is 1. The van der Waals surface area contributed by atoms with E-state index in [0.717, 1.165) is 16.7 Å². The molecule has 0 saturated heterocycles. The van der Waals surface area contributed by atoms with Crippen molar-refractivity contribution < 1.29 is 15.0 Å². The average molecular weight is 295 g/mol. The van der Waals surface area contributed by atoms with Crippen LogP contribution in [0.2, 0.25) is 5.02 Å². The molecule has 0 aliphatic carbocycles. The summed E-state index contributed by atoms with van der Waals surface area (Å²) in [4.78, 5) is 10.7. The van der Waals surface area contributed by atoms with E-state index >= 15 is 0 Å². The van der Waals surface area contributed by atoms with Crippen LogP contribution in [-0.2, 0) is 11.4 Å². The van der Waals surface area contributed by atoms with Gasteiger partial charge in [0.05, 0.1) is 25.3 Å². The van der Waals surface area contributed by atoms with Gasteiger partial charge in [0.25, 0.3) is 0 Å². The molecule has 2 aromatic rings. The zero-order chi connectivity index (χ0) is 14.7. The molecular weight excluding hydrogens is 280 g/mol. The van der Waals surface area contributed by atoms with E-state index < -0.39 is 5.97 Å². The number of carboxylic acid groups (broad SMARTS) is 1. The highest BCUT2D eigenvalue weighted by Gasteiger charge is 2.13. The molecule has 2 N–H and O–H groups in total. The van der Waals surface area contributed by atoms with Gasteiger partial charge in [-0.25, -0.2) is 0 Å². The fourth-order valence-corrected chi connectivity index (χ4v) is 2.19. The number of halogens is 1. The van der Waals surface area contributed by atoms with Crippen LogP contribution in [0.1, 0.15) is 24.9 Å². The Morgan fingerprint density at radius 2 is 2.25 bits per heavy atom. The number of hydrogen-bond donors (Lipinski definition) is 2. The van der Waals surface area contributed by atoms with Crippen LogP contribution in [0.25, 0.3) is 11.1 Å². The van der Waals surface area contributed by atoms with Crippen LogP contribution in [0.3, 0.4) is 0 Å². The van der Waals surface area contributed by atoms with Crippen LogP contribution in [-0.4, -0.2) is 26.0 Å². The van der Waals surface area contributed by atoms with E-state index in [9.17, 15) is 9.90 Å². The number of aliphatic hydroxyl groups is 1. The lowest BCUT2D eigenvalue weighted by Crippen LogP contribution is -2.10. The van der Waals surface area contributed by atoms with Crippen molar-refractivity contribution >= 4 is 17.6 Å². The molecule has 1 aromatic heterocycles. The smallest absolute Gasteiger partial charge is 0.305 e. The maximum Gasteiger partial charge on any atom is 0.305 e. The number of carboxylic acids is 1. The Balaban J connectivity index is 2.33. The van der Waals surface area contributed by atoms with Crippen LogP contribution >= 0.6 is 11.6 Å². The number of carbonyl (C=O) groups is 1. The molecule has 0 aliphatic rings. The molecule has 0 aliphatic heterocycles. The molecule has 0 amide bonds. The minimum atomic E-state index is -0.867. The molecule has 20 heavy (non-hydrogen) atoms. The Kier molecular flexibility index (Phi) is 4.42. The summed E-state index contributed by atoms with van der Waals surface area (Å²) in [6.07, 6.45) is 3.41. The summed E-state index contributed by atoms with van der Waals surface area (Å²) in [7, 11) is 0. The first-order valence-corrected chi connectivity index (χ1v) is 6.54. The number of aliphatic hydroxyl groups excluding tert-OH is 1. The van der Waals surface area contributed by atoms with Crippen molar-refractivity contribution in [2.75, 3.05) is 0 Å². The van der Waals surface area contributed by atoms with Crippen LogP contribution in [0.15, 0.2) is 30.6 Å². The largest absolute Gasteiger partial charge is 0.481 e. The van der Waals surface area contributed by atoms with Gasteiger partial charge >= 0.3 is 5.97 Å². The van der Waals surface area contributed by atoms with E-state index in [1.54, 1.807) is 42.2 Å². The number of nitrogens with zero attached hydrogens (tertiary/aromatic N) is 2. The van der Waals surface area contributed by atoms with Gasteiger partial charge in [-0.15, -0.1) is 0 Å². The van der Waals surface area contributed by atoms with Gasteiger partial charge in [0.15, 0.2) is 0 Å². The molecule has 106 valence electrons. The summed E-state index contributed by atoms with van der Waals surface area (Å²) in [5.74, 6) is -0.867. The van der Waals surface area contributed by atoms with Crippen molar-refractivity contribution in [2.24, 2.45) is 0 Å². The summed E-state index contributed by atoms with van der Waals surface area (Å²) >= 11 is 5.98. The molecule has 2 rings (SSSR count). The highest BCUT2D eigenvalue weighted by atomic mass is 35.5. The number of aromatic nitrogens is 2. The van der Waals surface area contributed by atoms with Gasteiger partial charge < -0.3 is 10.2 Å². The van der Waals surface area contributed by atoms with E-state index in [1.165, 1.54) is 0 Å². The first-order valence-electron chi connectivity index (χ1n) is 6.17. The maximum atomic E-state index is 10.7. The highest BCUT2D eigenvalue weighted by molar-refractivity contribution is 6.30. The summed E-state index contributed by atoms with van der Waals surface area (Å²) in [6.45, 7) is 1.69. The van der Waals surface area contributed by atoms with E-state index in [1.807, 2.05) is 0 Å². The Morgan fingerprint density at radius 3 is 2.90 bits per heavy atom. The Hall–Kier alpha value is -1.85. The van der Waals surface area contributed by atoms with Crippen molar-refractivity contribution in [1.82, 2.24) is 9.78 Å². The van der Waals surface area contributed by atoms with Gasteiger partial charge in [0.2, 0.25) is 0 Å². The first-order chi connectivity index (χ1) is 9.51. The third kappa shape index (κ3) is 3.18. The summed E-state index contributed by atoms with van der Waals surface area (Å²) < 4.78 is 1.60. The third-order valence-electron chi connectivity index (χ3n) is 3.08. The lowest BCUT2D eigenvalue weighted by Gasteiger charge is -2.09. The van der Waals surface area contributed by atoms with Gasteiger partial charge in [-0.2, -0.15) is 5.10 Å². The van der Waals surface area contributed by atoms with Gasteiger partial charge in [-0.1, -0.05) is 17.7 Å². The standard InChI is InChI=1S/C14H15ClN2O3/c1-9(4-14(19)20)17-7-11(6-16-17)13-5-12(15)3-2-10(13)8-18/h2-3,5-7,9,18H,4,8H2,1H3,(H,19,20). The van der Waals surface area contributed by atoms with Crippen LogP contribution in [0.5, 0.6) is 0 Å². The maximum absolute atomic E-state index is 10.7. The Labute approximate surface area is 121 Å². The van der Waals surface area contributed by atoms with Gasteiger partial charge in [-0.3, -0.25) is 9.48 Å². The molecule has 1 aromatic carbocycles. The molecule has 6 heteroatoms. The second-order valence-corrected chi connectivity index (χ2v) is 5.05. The minimum Gasteiger partial charge on any atom is -0.481 e. The predicted molar refractivity (Wildman–Crippen MR) is 75.6 cm³/mol. The quantitative estimate of drug-likeness (QED) is 0.889. The molecule has 5 nitrogen and oxygen atoms in total. The van der Waals surface area contributed by atoms with E-state index in [0.29, 0.717) is 5.02 Å². The van der Waals surface area contributed by atoms with E-state index in [4.69, 9.17) is 16.7 Å². The van der Waals surface area contributed by atoms with Crippen molar-refractivity contribution in [1.29, 1.82) is 0 Å². The molecule has 1 heterocycles. The predicted octanol–water partition coefficient (Wildman–Crippen LogP) is 2.73. The topological polar surface area (TPSA) is 75.3 Å². The zero-order valence-electron chi connectivity index (χ0n) is 11.0. The highest BCUT2D eigenvalue weighted by Crippen LogP contribution is 2.27. The van der Waals surface area contributed by atoms with Crippen molar-refractivity contribution in [3.63, 3.8) is 0 Å². The average Bonchev–Trinajstić information content (AvgIpc) is 2.87. The molecule has 0 radical (unpaired) electrons. The number of aliphatic carboxylic acids is 1.